The van der Waals surface area contributed by atoms with Gasteiger partial charge in [-0.05, 0) is 18.6 Å². The van der Waals surface area contributed by atoms with Crippen LogP contribution in [0.1, 0.15) is 29.8 Å². The third kappa shape index (κ3) is 2.53. The molecule has 0 saturated heterocycles. The summed E-state index contributed by atoms with van der Waals surface area (Å²) in [6, 6.07) is 5.39. The minimum Gasteiger partial charge on any atom is -0.293 e. The molecule has 2 rings (SSSR count). The lowest BCUT2D eigenvalue weighted by molar-refractivity contribution is 0.0982. The molecule has 1 N–H and O–H groups in total. The van der Waals surface area contributed by atoms with Gasteiger partial charge in [0.05, 0.1) is 0 Å². The van der Waals surface area contributed by atoms with Gasteiger partial charge in [0.15, 0.2) is 0 Å². The summed E-state index contributed by atoms with van der Waals surface area (Å²) in [7, 11) is 1.65. The van der Waals surface area contributed by atoms with Crippen molar-refractivity contribution in [3.05, 3.63) is 36.0 Å². The van der Waals surface area contributed by atoms with Crippen molar-refractivity contribution in [3.63, 3.8) is 0 Å². The number of H-pyrrole nitrogens is 1. The highest BCUT2D eigenvalue weighted by Gasteiger charge is 2.18. The number of rotatable bonds is 4. The Labute approximate surface area is 105 Å². The molecule has 0 aromatic carbocycles. The molecule has 0 aliphatic heterocycles. The second-order valence-electron chi connectivity index (χ2n) is 3.91. The molecule has 18 heavy (non-hydrogen) atoms. The van der Waals surface area contributed by atoms with Crippen molar-refractivity contribution >= 4 is 11.7 Å². The lowest BCUT2D eigenvalue weighted by Crippen LogP contribution is -2.28. The van der Waals surface area contributed by atoms with Crippen LogP contribution < -0.4 is 4.90 Å². The van der Waals surface area contributed by atoms with Gasteiger partial charge in [0.1, 0.15) is 11.6 Å². The maximum absolute atomic E-state index is 12.1. The van der Waals surface area contributed by atoms with Crippen molar-refractivity contribution in [2.75, 3.05) is 11.9 Å². The van der Waals surface area contributed by atoms with Crippen LogP contribution in [0.15, 0.2) is 24.4 Å². The Hall–Kier alpha value is -2.24. The quantitative estimate of drug-likeness (QED) is 0.884. The van der Waals surface area contributed by atoms with E-state index in [1.807, 2.05) is 13.0 Å². The summed E-state index contributed by atoms with van der Waals surface area (Å²) in [6.45, 7) is 2.05. The van der Waals surface area contributed by atoms with Crippen molar-refractivity contribution in [2.45, 2.75) is 19.8 Å². The van der Waals surface area contributed by atoms with Crippen LogP contribution >= 0.6 is 0 Å². The molecule has 2 heterocycles. The van der Waals surface area contributed by atoms with Gasteiger partial charge in [0.25, 0.3) is 5.91 Å². The molecule has 0 saturated carbocycles. The Morgan fingerprint density at radius 1 is 1.44 bits per heavy atom. The zero-order chi connectivity index (χ0) is 13.0. The minimum absolute atomic E-state index is 0.173. The molecule has 2 aromatic heterocycles. The summed E-state index contributed by atoms with van der Waals surface area (Å²) in [5.74, 6) is 1.21. The summed E-state index contributed by atoms with van der Waals surface area (Å²) in [4.78, 5) is 21.8. The Bertz CT molecular complexity index is 522. The van der Waals surface area contributed by atoms with E-state index in [1.54, 1.807) is 25.4 Å². The van der Waals surface area contributed by atoms with Crippen LogP contribution in [0.4, 0.5) is 5.82 Å². The maximum atomic E-state index is 12.1. The number of aromatic nitrogens is 4. The fourth-order valence-electron chi connectivity index (χ4n) is 1.55. The largest absolute Gasteiger partial charge is 0.298 e. The van der Waals surface area contributed by atoms with Crippen LogP contribution in [-0.4, -0.2) is 33.1 Å². The van der Waals surface area contributed by atoms with Crippen LogP contribution in [0.5, 0.6) is 0 Å². The predicted molar refractivity (Wildman–Crippen MR) is 67.3 cm³/mol. The number of nitrogens with one attached hydrogen (secondary N) is 1. The number of nitrogens with zero attached hydrogens (tertiary/aromatic N) is 4. The molecule has 0 aliphatic rings. The van der Waals surface area contributed by atoms with E-state index in [4.69, 9.17) is 0 Å². The molecule has 0 fully saturated rings. The number of amides is 1. The Morgan fingerprint density at radius 3 is 2.94 bits per heavy atom. The van der Waals surface area contributed by atoms with Crippen LogP contribution in [0, 0.1) is 0 Å². The van der Waals surface area contributed by atoms with E-state index in [-0.39, 0.29) is 11.7 Å². The van der Waals surface area contributed by atoms with Crippen LogP contribution in [-0.2, 0) is 6.42 Å². The number of carbonyl (C=O) groups excluding carboxylic acids is 1. The molecular formula is C12H15N5O. The highest BCUT2D eigenvalue weighted by Crippen LogP contribution is 2.09. The number of hydrogen-bond acceptors (Lipinski definition) is 4. The first-order chi connectivity index (χ1) is 8.72. The number of anilines is 1. The number of pyridine rings is 1. The third-order valence-electron chi connectivity index (χ3n) is 2.51. The van der Waals surface area contributed by atoms with E-state index in [0.717, 1.165) is 18.7 Å². The fraction of sp³-hybridized carbons (Fsp3) is 0.333. The predicted octanol–water partition coefficient (Wildman–Crippen LogP) is 1.43. The zero-order valence-electron chi connectivity index (χ0n) is 10.4. The van der Waals surface area contributed by atoms with Gasteiger partial charge in [-0.2, -0.15) is 0 Å². The maximum Gasteiger partial charge on any atom is 0.298 e. The number of carbonyl (C=O) groups is 1. The first-order valence-corrected chi connectivity index (χ1v) is 5.82. The van der Waals surface area contributed by atoms with E-state index in [1.165, 1.54) is 4.90 Å². The Kier molecular flexibility index (Phi) is 3.66. The standard InChI is InChI=1S/C12H15N5O/c1-3-6-9-14-11(16-15-9)12(18)17(2)10-7-4-5-8-13-10/h4-5,7-8H,3,6H2,1-2H3,(H,14,15,16). The summed E-state index contributed by atoms with van der Waals surface area (Å²) < 4.78 is 0. The van der Waals surface area contributed by atoms with E-state index in [9.17, 15) is 4.79 Å². The molecule has 94 valence electrons. The van der Waals surface area contributed by atoms with Gasteiger partial charge in [-0.25, -0.2) is 9.97 Å². The number of aromatic amines is 1. The smallest absolute Gasteiger partial charge is 0.293 e. The van der Waals surface area contributed by atoms with Gasteiger partial charge in [-0.3, -0.25) is 14.8 Å². The first-order valence-electron chi connectivity index (χ1n) is 5.82. The van der Waals surface area contributed by atoms with Crippen molar-refractivity contribution < 1.29 is 4.79 Å². The van der Waals surface area contributed by atoms with E-state index in [0.29, 0.717) is 5.82 Å². The molecule has 6 nitrogen and oxygen atoms in total. The van der Waals surface area contributed by atoms with Crippen molar-refractivity contribution in [1.82, 2.24) is 20.2 Å². The van der Waals surface area contributed by atoms with Crippen LogP contribution in [0.25, 0.3) is 0 Å². The van der Waals surface area contributed by atoms with E-state index < -0.39 is 0 Å². The molecule has 2 aromatic rings. The fourth-order valence-corrected chi connectivity index (χ4v) is 1.55. The van der Waals surface area contributed by atoms with E-state index >= 15 is 0 Å². The van der Waals surface area contributed by atoms with Crippen molar-refractivity contribution in [1.29, 1.82) is 0 Å². The van der Waals surface area contributed by atoms with Crippen molar-refractivity contribution in [2.24, 2.45) is 0 Å². The van der Waals surface area contributed by atoms with Crippen LogP contribution in [0.3, 0.4) is 0 Å². The molecule has 0 spiro atoms. The molecule has 0 radical (unpaired) electrons. The minimum atomic E-state index is -0.271. The molecule has 0 bridgehead atoms. The SMILES string of the molecule is CCCc1nc(C(=O)N(C)c2ccccn2)n[nH]1. The van der Waals surface area contributed by atoms with Gasteiger partial charge in [0.2, 0.25) is 5.82 Å². The van der Waals surface area contributed by atoms with Gasteiger partial charge in [0, 0.05) is 19.7 Å². The first kappa shape index (κ1) is 12.2. The summed E-state index contributed by atoms with van der Waals surface area (Å²) >= 11 is 0. The monoisotopic (exact) mass is 245 g/mol. The van der Waals surface area contributed by atoms with Gasteiger partial charge in [-0.1, -0.05) is 13.0 Å². The van der Waals surface area contributed by atoms with Crippen molar-refractivity contribution in [3.8, 4) is 0 Å². The lowest BCUT2D eigenvalue weighted by Gasteiger charge is -2.13. The highest BCUT2D eigenvalue weighted by molar-refractivity contribution is 6.02. The van der Waals surface area contributed by atoms with Gasteiger partial charge < -0.3 is 0 Å². The second kappa shape index (κ2) is 5.39. The zero-order valence-corrected chi connectivity index (χ0v) is 10.4. The molecular weight excluding hydrogens is 230 g/mol. The number of aryl methyl sites for hydroxylation is 1. The molecule has 0 aliphatic carbocycles. The third-order valence-corrected chi connectivity index (χ3v) is 2.51. The molecule has 1 amide bonds. The van der Waals surface area contributed by atoms with Crippen LogP contribution in [0.2, 0.25) is 0 Å². The Balaban J connectivity index is 2.15. The highest BCUT2D eigenvalue weighted by atomic mass is 16.2. The average molecular weight is 245 g/mol. The molecule has 6 heteroatoms. The second-order valence-corrected chi connectivity index (χ2v) is 3.91. The summed E-state index contributed by atoms with van der Waals surface area (Å²) in [5, 5.41) is 6.69. The topological polar surface area (TPSA) is 74.8 Å². The van der Waals surface area contributed by atoms with E-state index in [2.05, 4.69) is 20.2 Å². The number of hydrogen-bond donors (Lipinski definition) is 1. The average Bonchev–Trinajstić information content (AvgIpc) is 2.87. The molecule has 0 unspecified atom stereocenters. The lowest BCUT2D eigenvalue weighted by atomic mass is 10.3. The normalized spacial score (nSPS) is 10.3. The van der Waals surface area contributed by atoms with Gasteiger partial charge in [-0.15, -0.1) is 5.10 Å². The summed E-state index contributed by atoms with van der Waals surface area (Å²) in [5.41, 5.74) is 0. The Morgan fingerprint density at radius 2 is 2.28 bits per heavy atom. The van der Waals surface area contributed by atoms with Gasteiger partial charge >= 0.3 is 0 Å². The summed E-state index contributed by atoms with van der Waals surface area (Å²) in [6.07, 6.45) is 3.38. The molecule has 0 atom stereocenters.